The lowest BCUT2D eigenvalue weighted by Crippen LogP contribution is -2.41. The second-order valence-electron chi connectivity index (χ2n) is 7.88. The monoisotopic (exact) mass is 426 g/mol. The van der Waals surface area contributed by atoms with E-state index >= 15 is 0 Å². The number of hydrogen-bond acceptors (Lipinski definition) is 5. The minimum absolute atomic E-state index is 0.0677. The van der Waals surface area contributed by atoms with Crippen LogP contribution in [-0.4, -0.2) is 56.7 Å². The van der Waals surface area contributed by atoms with E-state index in [1.165, 1.54) is 0 Å². The molecular weight excluding hydrogens is 392 g/mol. The molecule has 0 aliphatic carbocycles. The summed E-state index contributed by atoms with van der Waals surface area (Å²) in [6, 6.07) is 14.2. The zero-order chi connectivity index (χ0) is 22.4. The lowest BCUT2D eigenvalue weighted by Gasteiger charge is -2.32. The smallest absolute Gasteiger partial charge is 0.237 e. The highest BCUT2D eigenvalue weighted by Crippen LogP contribution is 2.37. The summed E-state index contributed by atoms with van der Waals surface area (Å²) in [6.45, 7) is 6.20. The van der Waals surface area contributed by atoms with Gasteiger partial charge in [0.15, 0.2) is 11.5 Å². The predicted molar refractivity (Wildman–Crippen MR) is 122 cm³/mol. The molecule has 1 aliphatic heterocycles. The Morgan fingerprint density at radius 2 is 1.87 bits per heavy atom. The van der Waals surface area contributed by atoms with Crippen molar-refractivity contribution in [3.05, 3.63) is 53.6 Å². The standard InChI is InChI=1S/C25H34N2O4/c1-6-26(18(2)19-9-7-10-21(15-19)29-3)17-25(28)27-14-8-11-22(27)20-12-13-23(30-4)24(16-20)31-5/h7,9-10,12-13,15-16,18,22H,6,8,11,14,17H2,1-5H3. The number of likely N-dealkylation sites (N-methyl/N-ethyl adjacent to an activating group) is 1. The normalized spacial score (nSPS) is 17.0. The molecule has 1 aliphatic rings. The number of carbonyl (C=O) groups is 1. The zero-order valence-electron chi connectivity index (χ0n) is 19.3. The number of ether oxygens (including phenoxy) is 3. The highest BCUT2D eigenvalue weighted by atomic mass is 16.5. The van der Waals surface area contributed by atoms with Gasteiger partial charge in [-0.05, 0) is 61.7 Å². The Morgan fingerprint density at radius 1 is 1.10 bits per heavy atom. The number of amides is 1. The molecule has 1 fully saturated rings. The molecular formula is C25H34N2O4. The molecule has 2 atom stereocenters. The van der Waals surface area contributed by atoms with E-state index in [1.54, 1.807) is 21.3 Å². The van der Waals surface area contributed by atoms with E-state index in [2.05, 4.69) is 24.8 Å². The first kappa shape index (κ1) is 22.9. The second kappa shape index (κ2) is 10.5. The van der Waals surface area contributed by atoms with Crippen LogP contribution in [0, 0.1) is 0 Å². The average Bonchev–Trinajstić information content (AvgIpc) is 3.31. The minimum Gasteiger partial charge on any atom is -0.497 e. The highest BCUT2D eigenvalue weighted by molar-refractivity contribution is 5.79. The zero-order valence-corrected chi connectivity index (χ0v) is 19.3. The van der Waals surface area contributed by atoms with Gasteiger partial charge >= 0.3 is 0 Å². The fourth-order valence-electron chi connectivity index (χ4n) is 4.37. The first-order valence-corrected chi connectivity index (χ1v) is 10.9. The third-order valence-electron chi connectivity index (χ3n) is 6.23. The fraction of sp³-hybridized carbons (Fsp3) is 0.480. The van der Waals surface area contributed by atoms with Crippen molar-refractivity contribution in [1.82, 2.24) is 9.80 Å². The molecule has 1 saturated heterocycles. The van der Waals surface area contributed by atoms with Crippen LogP contribution in [0.2, 0.25) is 0 Å². The molecule has 3 rings (SSSR count). The lowest BCUT2D eigenvalue weighted by molar-refractivity contribution is -0.133. The van der Waals surface area contributed by atoms with Crippen LogP contribution in [0.3, 0.4) is 0 Å². The van der Waals surface area contributed by atoms with Gasteiger partial charge in [0.2, 0.25) is 5.91 Å². The maximum absolute atomic E-state index is 13.3. The quantitative estimate of drug-likeness (QED) is 0.593. The summed E-state index contributed by atoms with van der Waals surface area (Å²) in [5.74, 6) is 2.39. The van der Waals surface area contributed by atoms with E-state index < -0.39 is 0 Å². The van der Waals surface area contributed by atoms with Gasteiger partial charge in [0.05, 0.1) is 33.9 Å². The number of carbonyl (C=O) groups excluding carboxylic acids is 1. The Kier molecular flexibility index (Phi) is 7.80. The van der Waals surface area contributed by atoms with Gasteiger partial charge in [-0.3, -0.25) is 9.69 Å². The molecule has 6 heteroatoms. The molecule has 2 aromatic carbocycles. The molecule has 0 bridgehead atoms. The first-order valence-electron chi connectivity index (χ1n) is 10.9. The molecule has 0 radical (unpaired) electrons. The van der Waals surface area contributed by atoms with Gasteiger partial charge in [0, 0.05) is 12.6 Å². The summed E-state index contributed by atoms with van der Waals surface area (Å²) >= 11 is 0. The van der Waals surface area contributed by atoms with Gasteiger partial charge in [-0.1, -0.05) is 25.1 Å². The molecule has 6 nitrogen and oxygen atoms in total. The largest absolute Gasteiger partial charge is 0.497 e. The predicted octanol–water partition coefficient (Wildman–Crippen LogP) is 4.46. The van der Waals surface area contributed by atoms with Gasteiger partial charge in [0.1, 0.15) is 5.75 Å². The number of hydrogen-bond donors (Lipinski definition) is 0. The van der Waals surface area contributed by atoms with Crippen molar-refractivity contribution in [2.24, 2.45) is 0 Å². The van der Waals surface area contributed by atoms with E-state index in [-0.39, 0.29) is 18.0 Å². The van der Waals surface area contributed by atoms with Crippen molar-refractivity contribution in [3.8, 4) is 17.2 Å². The number of nitrogens with zero attached hydrogens (tertiary/aromatic N) is 2. The maximum Gasteiger partial charge on any atom is 0.237 e. The summed E-state index contributed by atoms with van der Waals surface area (Å²) in [6.07, 6.45) is 1.96. The van der Waals surface area contributed by atoms with Crippen LogP contribution in [0.25, 0.3) is 0 Å². The second-order valence-corrected chi connectivity index (χ2v) is 7.88. The van der Waals surface area contributed by atoms with Gasteiger partial charge < -0.3 is 19.1 Å². The van der Waals surface area contributed by atoms with E-state index in [9.17, 15) is 4.79 Å². The van der Waals surface area contributed by atoms with Gasteiger partial charge in [-0.25, -0.2) is 0 Å². The molecule has 31 heavy (non-hydrogen) atoms. The summed E-state index contributed by atoms with van der Waals surface area (Å²) in [5, 5.41) is 0. The fourth-order valence-corrected chi connectivity index (χ4v) is 4.37. The Labute approximate surface area is 185 Å². The van der Waals surface area contributed by atoms with Crippen molar-refractivity contribution in [2.75, 3.05) is 41.0 Å². The summed E-state index contributed by atoms with van der Waals surface area (Å²) < 4.78 is 16.2. The topological polar surface area (TPSA) is 51.2 Å². The number of benzene rings is 2. The van der Waals surface area contributed by atoms with Crippen LogP contribution in [0.5, 0.6) is 17.2 Å². The molecule has 0 N–H and O–H groups in total. The van der Waals surface area contributed by atoms with Crippen LogP contribution in [0.1, 0.15) is 49.9 Å². The maximum atomic E-state index is 13.3. The minimum atomic E-state index is 0.0677. The van der Waals surface area contributed by atoms with E-state index in [0.717, 1.165) is 42.8 Å². The molecule has 168 valence electrons. The van der Waals surface area contributed by atoms with Gasteiger partial charge in [-0.15, -0.1) is 0 Å². The highest BCUT2D eigenvalue weighted by Gasteiger charge is 2.32. The summed E-state index contributed by atoms with van der Waals surface area (Å²) in [4.78, 5) is 17.6. The molecule has 0 aromatic heterocycles. The summed E-state index contributed by atoms with van der Waals surface area (Å²) in [5.41, 5.74) is 2.24. The van der Waals surface area contributed by atoms with Crippen LogP contribution < -0.4 is 14.2 Å². The molecule has 2 unspecified atom stereocenters. The van der Waals surface area contributed by atoms with E-state index in [0.29, 0.717) is 18.0 Å². The summed E-state index contributed by atoms with van der Waals surface area (Å²) in [7, 11) is 4.94. The van der Waals surface area contributed by atoms with E-state index in [4.69, 9.17) is 14.2 Å². The molecule has 1 heterocycles. The van der Waals surface area contributed by atoms with E-state index in [1.807, 2.05) is 41.3 Å². The van der Waals surface area contributed by atoms with Gasteiger partial charge in [0.25, 0.3) is 0 Å². The number of likely N-dealkylation sites (tertiary alicyclic amines) is 1. The van der Waals surface area contributed by atoms with Crippen molar-refractivity contribution in [2.45, 2.75) is 38.8 Å². The number of rotatable bonds is 9. The SMILES string of the molecule is CCN(CC(=O)N1CCCC1c1ccc(OC)c(OC)c1)C(C)c1cccc(OC)c1. The van der Waals surface area contributed by atoms with Crippen LogP contribution in [0.15, 0.2) is 42.5 Å². The molecule has 0 saturated carbocycles. The third-order valence-corrected chi connectivity index (χ3v) is 6.23. The molecule has 0 spiro atoms. The van der Waals surface area contributed by atoms with Crippen molar-refractivity contribution < 1.29 is 19.0 Å². The number of methoxy groups -OCH3 is 3. The van der Waals surface area contributed by atoms with Crippen LogP contribution >= 0.6 is 0 Å². The van der Waals surface area contributed by atoms with Crippen LogP contribution in [0.4, 0.5) is 0 Å². The third kappa shape index (κ3) is 5.13. The molecule has 2 aromatic rings. The van der Waals surface area contributed by atoms with Gasteiger partial charge in [-0.2, -0.15) is 0 Å². The van der Waals surface area contributed by atoms with Crippen molar-refractivity contribution in [1.29, 1.82) is 0 Å². The average molecular weight is 427 g/mol. The Balaban J connectivity index is 1.74. The Hall–Kier alpha value is -2.73. The Morgan fingerprint density at radius 3 is 2.55 bits per heavy atom. The Bertz CT molecular complexity index is 886. The van der Waals surface area contributed by atoms with Crippen LogP contribution in [-0.2, 0) is 4.79 Å². The van der Waals surface area contributed by atoms with Crippen molar-refractivity contribution >= 4 is 5.91 Å². The lowest BCUT2D eigenvalue weighted by atomic mass is 10.0. The van der Waals surface area contributed by atoms with Crippen molar-refractivity contribution in [3.63, 3.8) is 0 Å². The first-order chi connectivity index (χ1) is 15.0. The molecule has 1 amide bonds.